The summed E-state index contributed by atoms with van der Waals surface area (Å²) in [5.41, 5.74) is 1.12. The van der Waals surface area contributed by atoms with Crippen LogP contribution in [0.15, 0.2) is 53.6 Å². The zero-order valence-electron chi connectivity index (χ0n) is 15.6. The van der Waals surface area contributed by atoms with Gasteiger partial charge in [-0.05, 0) is 30.3 Å². The van der Waals surface area contributed by atoms with Gasteiger partial charge < -0.3 is 18.8 Å². The number of fused-ring (bicyclic) bond motifs is 1. The predicted octanol–water partition coefficient (Wildman–Crippen LogP) is 2.56. The fourth-order valence-electron chi connectivity index (χ4n) is 3.66. The molecule has 27 heavy (non-hydrogen) atoms. The van der Waals surface area contributed by atoms with Crippen LogP contribution in [0.2, 0.25) is 0 Å². The van der Waals surface area contributed by atoms with Crippen molar-refractivity contribution in [3.8, 4) is 5.75 Å². The summed E-state index contributed by atoms with van der Waals surface area (Å²) in [6, 6.07) is 11.5. The van der Waals surface area contributed by atoms with E-state index in [2.05, 4.69) is 16.7 Å². The molecule has 6 heteroatoms. The summed E-state index contributed by atoms with van der Waals surface area (Å²) in [6.45, 7) is 1.18. The lowest BCUT2D eigenvalue weighted by Gasteiger charge is -2.32. The summed E-state index contributed by atoms with van der Waals surface area (Å²) < 4.78 is 9.75. The average Bonchev–Trinajstić information content (AvgIpc) is 3.06. The van der Waals surface area contributed by atoms with Crippen LogP contribution in [0.4, 0.5) is 0 Å². The molecule has 3 heterocycles. The summed E-state index contributed by atoms with van der Waals surface area (Å²) in [5.74, 6) is 0.689. The largest absolute Gasteiger partial charge is 0.490 e. The van der Waals surface area contributed by atoms with Crippen molar-refractivity contribution in [1.82, 2.24) is 14.0 Å². The second kappa shape index (κ2) is 6.95. The van der Waals surface area contributed by atoms with E-state index < -0.39 is 0 Å². The number of hydrogen-bond acceptors (Lipinski definition) is 3. The Morgan fingerprint density at radius 3 is 2.56 bits per heavy atom. The number of pyridine rings is 1. The Morgan fingerprint density at radius 1 is 1.00 bits per heavy atom. The van der Waals surface area contributed by atoms with Crippen LogP contribution in [-0.4, -0.2) is 39.1 Å². The highest BCUT2D eigenvalue weighted by Gasteiger charge is 2.26. The van der Waals surface area contributed by atoms with E-state index >= 15 is 0 Å². The van der Waals surface area contributed by atoms with Crippen molar-refractivity contribution in [1.29, 1.82) is 0 Å². The van der Waals surface area contributed by atoms with Crippen molar-refractivity contribution in [2.75, 3.05) is 13.1 Å². The van der Waals surface area contributed by atoms with Crippen LogP contribution in [0.25, 0.3) is 10.9 Å². The van der Waals surface area contributed by atoms with Crippen LogP contribution in [0.5, 0.6) is 5.75 Å². The Kier molecular flexibility index (Phi) is 4.48. The van der Waals surface area contributed by atoms with E-state index in [1.165, 1.54) is 4.57 Å². The van der Waals surface area contributed by atoms with E-state index in [1.54, 1.807) is 30.3 Å². The van der Waals surface area contributed by atoms with Gasteiger partial charge in [-0.25, -0.2) is 0 Å². The molecule has 1 aliphatic rings. The molecule has 2 aromatic heterocycles. The number of amides is 1. The molecule has 1 amide bonds. The first-order valence-corrected chi connectivity index (χ1v) is 9.20. The molecule has 140 valence electrons. The number of nitrogens with zero attached hydrogens (tertiary/aromatic N) is 3. The molecule has 6 nitrogen and oxygen atoms in total. The summed E-state index contributed by atoms with van der Waals surface area (Å²) in [4.78, 5) is 26.6. The third kappa shape index (κ3) is 3.23. The molecule has 0 aliphatic carbocycles. The van der Waals surface area contributed by atoms with E-state index in [9.17, 15) is 9.59 Å². The first-order valence-electron chi connectivity index (χ1n) is 9.20. The highest BCUT2D eigenvalue weighted by Crippen LogP contribution is 2.28. The molecule has 3 aromatic rings. The first-order chi connectivity index (χ1) is 13.0. The van der Waals surface area contributed by atoms with E-state index in [0.29, 0.717) is 13.1 Å². The Labute approximate surface area is 157 Å². The molecule has 0 unspecified atom stereocenters. The number of likely N-dealkylation sites (tertiary alicyclic amines) is 1. The lowest BCUT2D eigenvalue weighted by atomic mass is 10.1. The smallest absolute Gasteiger partial charge is 0.263 e. The van der Waals surface area contributed by atoms with Gasteiger partial charge in [0.25, 0.3) is 11.5 Å². The topological polar surface area (TPSA) is 56.5 Å². The van der Waals surface area contributed by atoms with Gasteiger partial charge in [0.2, 0.25) is 0 Å². The van der Waals surface area contributed by atoms with Crippen LogP contribution >= 0.6 is 0 Å². The minimum Gasteiger partial charge on any atom is -0.490 e. The highest BCUT2D eigenvalue weighted by molar-refractivity contribution is 5.93. The maximum Gasteiger partial charge on any atom is 0.263 e. The molecule has 4 rings (SSSR count). The second-order valence-corrected chi connectivity index (χ2v) is 7.06. The van der Waals surface area contributed by atoms with Gasteiger partial charge >= 0.3 is 0 Å². The third-order valence-electron chi connectivity index (χ3n) is 5.26. The monoisotopic (exact) mass is 365 g/mol. The second-order valence-electron chi connectivity index (χ2n) is 7.06. The molecule has 0 spiro atoms. The number of ether oxygens (including phenoxy) is 1. The zero-order valence-corrected chi connectivity index (χ0v) is 15.6. The van der Waals surface area contributed by atoms with Crippen LogP contribution in [0, 0.1) is 0 Å². The summed E-state index contributed by atoms with van der Waals surface area (Å²) in [6.07, 6.45) is 5.26. The summed E-state index contributed by atoms with van der Waals surface area (Å²) in [5, 5.41) is 1.10. The number of aromatic nitrogens is 2. The van der Waals surface area contributed by atoms with Gasteiger partial charge in [-0.2, -0.15) is 0 Å². The molecule has 0 saturated carbocycles. The van der Waals surface area contributed by atoms with Crippen molar-refractivity contribution in [3.05, 3.63) is 64.7 Å². The number of carbonyl (C=O) groups is 1. The normalized spacial score (nSPS) is 15.3. The predicted molar refractivity (Wildman–Crippen MR) is 104 cm³/mol. The highest BCUT2D eigenvalue weighted by atomic mass is 16.5. The van der Waals surface area contributed by atoms with Crippen molar-refractivity contribution >= 4 is 16.8 Å². The van der Waals surface area contributed by atoms with Crippen molar-refractivity contribution in [3.63, 3.8) is 0 Å². The van der Waals surface area contributed by atoms with Gasteiger partial charge in [-0.15, -0.1) is 0 Å². The number of carbonyl (C=O) groups excluding carboxylic acids is 1. The van der Waals surface area contributed by atoms with Gasteiger partial charge in [0.05, 0.1) is 5.52 Å². The maximum atomic E-state index is 12.7. The first kappa shape index (κ1) is 17.4. The molecular weight excluding hydrogens is 342 g/mol. The molecular formula is C21H23N3O3. The fourth-order valence-corrected chi connectivity index (χ4v) is 3.66. The standard InChI is InChI=1S/C21H23N3O3/c1-22-12-10-16-18(22)6-3-7-19(16)27-15-8-13-24(14-9-15)21(26)17-5-4-11-23(2)20(17)25/h3-7,10-12,15H,8-9,13-14H2,1-2H3. The van der Waals surface area contributed by atoms with Crippen LogP contribution in [0.1, 0.15) is 23.2 Å². The van der Waals surface area contributed by atoms with Crippen LogP contribution in [-0.2, 0) is 14.1 Å². The summed E-state index contributed by atoms with van der Waals surface area (Å²) >= 11 is 0. The number of piperidine rings is 1. The summed E-state index contributed by atoms with van der Waals surface area (Å²) in [7, 11) is 3.67. The molecule has 1 saturated heterocycles. The van der Waals surface area contributed by atoms with Gasteiger partial charge in [0.15, 0.2) is 0 Å². The molecule has 1 aliphatic heterocycles. The lowest BCUT2D eigenvalue weighted by Crippen LogP contribution is -2.43. The van der Waals surface area contributed by atoms with Gasteiger partial charge in [0, 0.05) is 57.8 Å². The van der Waals surface area contributed by atoms with Crippen LogP contribution < -0.4 is 10.3 Å². The fraction of sp³-hybridized carbons (Fsp3) is 0.333. The van der Waals surface area contributed by atoms with Crippen molar-refractivity contribution in [2.45, 2.75) is 18.9 Å². The molecule has 0 bridgehead atoms. The van der Waals surface area contributed by atoms with Crippen molar-refractivity contribution < 1.29 is 9.53 Å². The number of aryl methyl sites for hydroxylation is 2. The third-order valence-corrected chi connectivity index (χ3v) is 5.26. The quantitative estimate of drug-likeness (QED) is 0.717. The Bertz CT molecular complexity index is 1040. The van der Waals surface area contributed by atoms with Gasteiger partial charge in [-0.3, -0.25) is 9.59 Å². The molecule has 0 N–H and O–H groups in total. The molecule has 0 radical (unpaired) electrons. The minimum atomic E-state index is -0.253. The minimum absolute atomic E-state index is 0.0680. The van der Waals surface area contributed by atoms with Gasteiger partial charge in [0.1, 0.15) is 17.4 Å². The molecule has 0 atom stereocenters. The number of benzene rings is 1. The Balaban J connectivity index is 1.44. The average molecular weight is 365 g/mol. The molecule has 1 fully saturated rings. The number of hydrogen-bond donors (Lipinski definition) is 0. The van der Waals surface area contributed by atoms with Crippen LogP contribution in [0.3, 0.4) is 0 Å². The SMILES string of the molecule is Cn1cccc(C(=O)N2CCC(Oc3cccc4c3ccn4C)CC2)c1=O. The maximum absolute atomic E-state index is 12.7. The Morgan fingerprint density at radius 2 is 1.78 bits per heavy atom. The van der Waals surface area contributed by atoms with E-state index in [1.807, 2.05) is 25.4 Å². The lowest BCUT2D eigenvalue weighted by molar-refractivity contribution is 0.0596. The van der Waals surface area contributed by atoms with Crippen molar-refractivity contribution in [2.24, 2.45) is 14.1 Å². The van der Waals surface area contributed by atoms with E-state index in [4.69, 9.17) is 4.74 Å². The Hall–Kier alpha value is -3.02. The molecule has 1 aromatic carbocycles. The van der Waals surface area contributed by atoms with E-state index in [0.717, 1.165) is 29.5 Å². The number of rotatable bonds is 3. The van der Waals surface area contributed by atoms with Gasteiger partial charge in [-0.1, -0.05) is 6.07 Å². The zero-order chi connectivity index (χ0) is 19.0. The van der Waals surface area contributed by atoms with E-state index in [-0.39, 0.29) is 23.1 Å².